The van der Waals surface area contributed by atoms with Crippen LogP contribution in [0.2, 0.25) is 0 Å². The maximum Gasteiger partial charge on any atom is 0.330 e. The summed E-state index contributed by atoms with van der Waals surface area (Å²) in [5, 5.41) is 3.30. The summed E-state index contributed by atoms with van der Waals surface area (Å²) >= 11 is 0. The van der Waals surface area contributed by atoms with Crippen LogP contribution < -0.4 is 11.0 Å². The van der Waals surface area contributed by atoms with Gasteiger partial charge in [0.05, 0.1) is 5.52 Å². The molecule has 0 radical (unpaired) electrons. The molecule has 2 aliphatic rings. The lowest BCUT2D eigenvalue weighted by atomic mass is 9.64. The number of aromatic nitrogens is 3. The van der Waals surface area contributed by atoms with Crippen molar-refractivity contribution in [1.29, 1.82) is 0 Å². The minimum atomic E-state index is -0.209. The first-order chi connectivity index (χ1) is 11.8. The first-order valence-corrected chi connectivity index (χ1v) is 9.07. The van der Waals surface area contributed by atoms with Crippen LogP contribution in [-0.4, -0.2) is 25.6 Å². The first kappa shape index (κ1) is 16.4. The molecule has 2 aromatic rings. The van der Waals surface area contributed by atoms with Gasteiger partial charge in [0.15, 0.2) is 5.65 Å². The van der Waals surface area contributed by atoms with E-state index >= 15 is 0 Å². The molecule has 6 nitrogen and oxygen atoms in total. The number of fused-ring (bicyclic) bond motifs is 3. The largest absolute Gasteiger partial charge is 0.349 e. The summed E-state index contributed by atoms with van der Waals surface area (Å²) in [6.45, 7) is 6.75. The number of hydrogen-bond donors (Lipinski definition) is 1. The van der Waals surface area contributed by atoms with Crippen LogP contribution in [0.5, 0.6) is 0 Å². The van der Waals surface area contributed by atoms with Gasteiger partial charge in [-0.2, -0.15) is 0 Å². The lowest BCUT2D eigenvalue weighted by molar-refractivity contribution is -0.126. The van der Waals surface area contributed by atoms with E-state index in [1.807, 2.05) is 6.07 Å². The number of nitrogens with zero attached hydrogens (tertiary/aromatic N) is 3. The van der Waals surface area contributed by atoms with Crippen molar-refractivity contribution in [3.05, 3.63) is 28.8 Å². The Balaban J connectivity index is 1.62. The van der Waals surface area contributed by atoms with Gasteiger partial charge in [-0.3, -0.25) is 13.9 Å². The highest BCUT2D eigenvalue weighted by Gasteiger charge is 2.60. The average Bonchev–Trinajstić information content (AvgIpc) is 3.20. The Bertz CT molecular complexity index is 910. The molecule has 0 aromatic carbocycles. The Kier molecular flexibility index (Phi) is 3.40. The van der Waals surface area contributed by atoms with Crippen molar-refractivity contribution in [3.63, 3.8) is 0 Å². The molecule has 1 N–H and O–H groups in total. The van der Waals surface area contributed by atoms with Gasteiger partial charge < -0.3 is 5.32 Å². The minimum Gasteiger partial charge on any atom is -0.349 e. The average molecular weight is 342 g/mol. The maximum atomic E-state index is 12.8. The van der Waals surface area contributed by atoms with E-state index in [0.717, 1.165) is 0 Å². The molecule has 2 heterocycles. The van der Waals surface area contributed by atoms with Crippen molar-refractivity contribution in [2.45, 2.75) is 52.1 Å². The van der Waals surface area contributed by atoms with E-state index in [1.165, 1.54) is 28.4 Å². The normalized spacial score (nSPS) is 30.1. The van der Waals surface area contributed by atoms with Crippen molar-refractivity contribution >= 4 is 17.1 Å². The van der Waals surface area contributed by atoms with Crippen LogP contribution in [0.15, 0.2) is 23.1 Å². The zero-order valence-electron chi connectivity index (χ0n) is 15.4. The zero-order chi connectivity index (χ0) is 18.0. The molecule has 134 valence electrons. The third kappa shape index (κ3) is 2.12. The zero-order valence-corrected chi connectivity index (χ0v) is 15.4. The van der Waals surface area contributed by atoms with Crippen LogP contribution in [0, 0.1) is 17.3 Å². The second-order valence-corrected chi connectivity index (χ2v) is 8.45. The molecule has 2 saturated carbocycles. The van der Waals surface area contributed by atoms with Gasteiger partial charge in [-0.25, -0.2) is 9.78 Å². The summed E-state index contributed by atoms with van der Waals surface area (Å²) in [4.78, 5) is 29.6. The number of rotatable bonds is 3. The number of carbonyl (C=O) groups is 1. The molecule has 0 unspecified atom stereocenters. The topological polar surface area (TPSA) is 68.9 Å². The highest BCUT2D eigenvalue weighted by Crippen LogP contribution is 2.61. The highest BCUT2D eigenvalue weighted by atomic mass is 16.2. The molecule has 1 amide bonds. The van der Waals surface area contributed by atoms with E-state index in [2.05, 4.69) is 31.1 Å². The summed E-state index contributed by atoms with van der Waals surface area (Å²) in [6, 6.07) is 3.62. The van der Waals surface area contributed by atoms with E-state index in [1.54, 1.807) is 19.3 Å². The van der Waals surface area contributed by atoms with Gasteiger partial charge >= 0.3 is 5.69 Å². The van der Waals surface area contributed by atoms with Crippen LogP contribution in [0.25, 0.3) is 11.2 Å². The van der Waals surface area contributed by atoms with Crippen molar-refractivity contribution in [2.75, 3.05) is 0 Å². The van der Waals surface area contributed by atoms with Gasteiger partial charge in [0.2, 0.25) is 5.91 Å². The number of carbonyl (C=O) groups excluding carboxylic acids is 1. The maximum absolute atomic E-state index is 12.8. The van der Waals surface area contributed by atoms with Crippen molar-refractivity contribution < 1.29 is 4.79 Å². The number of amides is 1. The molecule has 6 heteroatoms. The van der Waals surface area contributed by atoms with E-state index in [-0.39, 0.29) is 29.1 Å². The van der Waals surface area contributed by atoms with Gasteiger partial charge in [-0.1, -0.05) is 13.8 Å². The third-order valence-electron chi connectivity index (χ3n) is 7.20. The molecule has 2 fully saturated rings. The van der Waals surface area contributed by atoms with Crippen LogP contribution >= 0.6 is 0 Å². The van der Waals surface area contributed by atoms with Gasteiger partial charge in [0.25, 0.3) is 0 Å². The van der Waals surface area contributed by atoms with E-state index in [0.29, 0.717) is 23.0 Å². The summed E-state index contributed by atoms with van der Waals surface area (Å²) in [6.07, 6.45) is 5.30. The standard InChI is InChI=1S/C19H26N4O2/c1-18(2)12-7-8-13(10-12)19(18,3)21-15(24)11-23-14-6-5-9-20-16(14)22(4)17(23)25/h5-6,9,12-13H,7-8,10-11H2,1-4H3,(H,21,24)/t12-,13-,19+/m0/s1. The number of imidazole rings is 1. The Morgan fingerprint density at radius 3 is 2.72 bits per heavy atom. The second-order valence-electron chi connectivity index (χ2n) is 8.45. The lowest BCUT2D eigenvalue weighted by Crippen LogP contribution is -2.59. The highest BCUT2D eigenvalue weighted by molar-refractivity contribution is 5.80. The van der Waals surface area contributed by atoms with Crippen molar-refractivity contribution in [1.82, 2.24) is 19.4 Å². The van der Waals surface area contributed by atoms with E-state index < -0.39 is 0 Å². The van der Waals surface area contributed by atoms with Gasteiger partial charge in [0.1, 0.15) is 6.54 Å². The fourth-order valence-electron chi connectivity index (χ4n) is 5.23. The first-order valence-electron chi connectivity index (χ1n) is 9.07. The van der Waals surface area contributed by atoms with E-state index in [9.17, 15) is 9.59 Å². The third-order valence-corrected chi connectivity index (χ3v) is 7.20. The van der Waals surface area contributed by atoms with E-state index in [4.69, 9.17) is 0 Å². The predicted octanol–water partition coefficient (Wildman–Crippen LogP) is 2.07. The summed E-state index contributed by atoms with van der Waals surface area (Å²) in [7, 11) is 1.69. The Labute approximate surface area is 147 Å². The summed E-state index contributed by atoms with van der Waals surface area (Å²) in [5.74, 6) is 1.11. The lowest BCUT2D eigenvalue weighted by Gasteiger charge is -2.48. The monoisotopic (exact) mass is 342 g/mol. The summed E-state index contributed by atoms with van der Waals surface area (Å²) < 4.78 is 3.01. The molecular formula is C19H26N4O2. The SMILES string of the molecule is Cn1c(=O)n(CC(=O)N[C@]2(C)[C@H]3CC[C@@H](C3)C2(C)C)c2cccnc21. The fourth-order valence-corrected chi connectivity index (χ4v) is 5.23. The van der Waals surface area contributed by atoms with Crippen LogP contribution in [0.3, 0.4) is 0 Å². The number of hydrogen-bond acceptors (Lipinski definition) is 3. The van der Waals surface area contributed by atoms with Crippen molar-refractivity contribution in [2.24, 2.45) is 24.3 Å². The molecule has 2 aromatic heterocycles. The smallest absolute Gasteiger partial charge is 0.330 e. The molecular weight excluding hydrogens is 316 g/mol. The quantitative estimate of drug-likeness (QED) is 0.928. The molecule has 3 atom stereocenters. The molecule has 4 rings (SSSR count). The van der Waals surface area contributed by atoms with Crippen LogP contribution in [0.1, 0.15) is 40.0 Å². The van der Waals surface area contributed by atoms with Gasteiger partial charge in [0, 0.05) is 18.8 Å². The summed E-state index contributed by atoms with van der Waals surface area (Å²) in [5.41, 5.74) is 0.964. The molecule has 25 heavy (non-hydrogen) atoms. The van der Waals surface area contributed by atoms with Gasteiger partial charge in [-0.05, 0) is 55.6 Å². The number of aryl methyl sites for hydroxylation is 1. The second kappa shape index (κ2) is 5.19. The predicted molar refractivity (Wildman–Crippen MR) is 96.1 cm³/mol. The number of nitrogens with one attached hydrogen (secondary N) is 1. The van der Waals surface area contributed by atoms with Gasteiger partial charge in [-0.15, -0.1) is 0 Å². The molecule has 2 bridgehead atoms. The molecule has 0 aliphatic heterocycles. The molecule has 0 saturated heterocycles. The molecule has 0 spiro atoms. The molecule has 2 aliphatic carbocycles. The Hall–Kier alpha value is -2.11. The Morgan fingerprint density at radius 2 is 2.04 bits per heavy atom. The van der Waals surface area contributed by atoms with Crippen molar-refractivity contribution in [3.8, 4) is 0 Å². The van der Waals surface area contributed by atoms with Crippen LogP contribution in [-0.2, 0) is 18.4 Å². The Morgan fingerprint density at radius 1 is 1.32 bits per heavy atom. The van der Waals surface area contributed by atoms with Crippen LogP contribution in [0.4, 0.5) is 0 Å². The fraction of sp³-hybridized carbons (Fsp3) is 0.632. The minimum absolute atomic E-state index is 0.0327. The number of pyridine rings is 1.